The number of ether oxygens (including phenoxy) is 1. The summed E-state index contributed by atoms with van der Waals surface area (Å²) in [4.78, 5) is 27.3. The molecule has 0 aliphatic heterocycles. The molecule has 0 bridgehead atoms. The minimum Gasteiger partial charge on any atom is -0.497 e. The summed E-state index contributed by atoms with van der Waals surface area (Å²) in [6, 6.07) is 11.4. The van der Waals surface area contributed by atoms with Gasteiger partial charge in [-0.25, -0.2) is 8.70 Å². The number of nitrogens with one attached hydrogen (secondary N) is 1. The predicted molar refractivity (Wildman–Crippen MR) is 128 cm³/mol. The van der Waals surface area contributed by atoms with Gasteiger partial charge in [0.05, 0.1) is 12.8 Å². The van der Waals surface area contributed by atoms with Crippen LogP contribution in [0.25, 0.3) is 0 Å². The lowest BCUT2D eigenvalue weighted by atomic mass is 10.1. The summed E-state index contributed by atoms with van der Waals surface area (Å²) in [5.74, 6) is -1.29. The summed E-state index contributed by atoms with van der Waals surface area (Å²) in [6.07, 6.45) is 0. The van der Waals surface area contributed by atoms with Gasteiger partial charge in [-0.15, -0.1) is 0 Å². The number of hydrogen-bond acceptors (Lipinski definition) is 5. The number of hydrogen-bond donors (Lipinski definition) is 1. The SMILES string of the molecule is CCNC(=O)C(C)N(Cc1cccc(OC)c1)C(=O)CN(c1ccccc1F)S(=O)(=O)N(C)C. The second kappa shape index (κ2) is 11.8. The Morgan fingerprint density at radius 3 is 2.38 bits per heavy atom. The van der Waals surface area contributed by atoms with Crippen LogP contribution in [0.2, 0.25) is 0 Å². The van der Waals surface area contributed by atoms with Crippen LogP contribution in [0, 0.1) is 5.82 Å². The van der Waals surface area contributed by atoms with Gasteiger partial charge in [0.1, 0.15) is 24.2 Å². The Morgan fingerprint density at radius 1 is 1.12 bits per heavy atom. The van der Waals surface area contributed by atoms with Crippen LogP contribution in [0.3, 0.4) is 0 Å². The number of carbonyl (C=O) groups excluding carboxylic acids is 2. The summed E-state index contributed by atoms with van der Waals surface area (Å²) in [6.45, 7) is 2.98. The minimum absolute atomic E-state index is 0.0153. The van der Waals surface area contributed by atoms with Crippen molar-refractivity contribution in [3.05, 3.63) is 59.9 Å². The molecule has 0 radical (unpaired) electrons. The van der Waals surface area contributed by atoms with E-state index < -0.39 is 40.4 Å². The number of methoxy groups -OCH3 is 1. The Balaban J connectivity index is 2.47. The highest BCUT2D eigenvalue weighted by Gasteiger charge is 2.33. The standard InChI is InChI=1S/C23H31FN4O5S/c1-6-25-23(30)17(2)27(15-18-10-9-11-19(14-18)33-5)22(29)16-28(34(31,32)26(3)4)21-13-8-7-12-20(21)24/h7-14,17H,6,15-16H2,1-5H3,(H,25,30). The van der Waals surface area contributed by atoms with E-state index in [9.17, 15) is 22.4 Å². The van der Waals surface area contributed by atoms with Crippen LogP contribution in [0.5, 0.6) is 5.75 Å². The number of benzene rings is 2. The van der Waals surface area contributed by atoms with Crippen molar-refractivity contribution in [2.24, 2.45) is 0 Å². The molecule has 0 aliphatic carbocycles. The highest BCUT2D eigenvalue weighted by molar-refractivity contribution is 7.90. The molecule has 0 heterocycles. The van der Waals surface area contributed by atoms with Crippen molar-refractivity contribution in [1.29, 1.82) is 0 Å². The molecule has 11 heteroatoms. The zero-order chi connectivity index (χ0) is 25.5. The van der Waals surface area contributed by atoms with E-state index in [4.69, 9.17) is 4.74 Å². The number of halogens is 1. The Labute approximate surface area is 200 Å². The first-order chi connectivity index (χ1) is 16.0. The third kappa shape index (κ3) is 6.45. The van der Waals surface area contributed by atoms with Crippen molar-refractivity contribution in [1.82, 2.24) is 14.5 Å². The van der Waals surface area contributed by atoms with E-state index in [-0.39, 0.29) is 12.2 Å². The largest absolute Gasteiger partial charge is 0.497 e. The molecule has 1 N–H and O–H groups in total. The van der Waals surface area contributed by atoms with Gasteiger partial charge in [0.15, 0.2) is 0 Å². The predicted octanol–water partition coefficient (Wildman–Crippen LogP) is 2.00. The molecule has 2 rings (SSSR count). The normalized spacial score (nSPS) is 12.2. The van der Waals surface area contributed by atoms with Crippen LogP contribution in [0.1, 0.15) is 19.4 Å². The number of carbonyl (C=O) groups is 2. The lowest BCUT2D eigenvalue weighted by molar-refractivity contribution is -0.139. The average molecular weight is 495 g/mol. The second-order valence-corrected chi connectivity index (χ2v) is 9.76. The van der Waals surface area contributed by atoms with Crippen molar-refractivity contribution in [3.8, 4) is 5.75 Å². The third-order valence-electron chi connectivity index (χ3n) is 5.15. The fraction of sp³-hybridized carbons (Fsp3) is 0.391. The van der Waals surface area contributed by atoms with Gasteiger partial charge in [0.25, 0.3) is 0 Å². The van der Waals surface area contributed by atoms with Crippen molar-refractivity contribution < 1.29 is 27.1 Å². The van der Waals surface area contributed by atoms with E-state index in [1.54, 1.807) is 38.1 Å². The smallest absolute Gasteiger partial charge is 0.304 e. The van der Waals surface area contributed by atoms with Gasteiger partial charge in [-0.2, -0.15) is 12.7 Å². The van der Waals surface area contributed by atoms with E-state index >= 15 is 0 Å². The van der Waals surface area contributed by atoms with Crippen LogP contribution >= 0.6 is 0 Å². The number of para-hydroxylation sites is 1. The van der Waals surface area contributed by atoms with Gasteiger partial charge in [0.2, 0.25) is 11.8 Å². The molecule has 0 fully saturated rings. The van der Waals surface area contributed by atoms with E-state index in [0.717, 1.165) is 10.4 Å². The van der Waals surface area contributed by atoms with Crippen LogP contribution in [-0.2, 0) is 26.3 Å². The van der Waals surface area contributed by atoms with Crippen molar-refractivity contribution in [2.75, 3.05) is 38.6 Å². The number of rotatable bonds is 11. The van der Waals surface area contributed by atoms with Gasteiger partial charge in [-0.3, -0.25) is 9.59 Å². The van der Waals surface area contributed by atoms with Crippen molar-refractivity contribution in [2.45, 2.75) is 26.4 Å². The van der Waals surface area contributed by atoms with E-state index in [2.05, 4.69) is 5.32 Å². The molecule has 2 aromatic carbocycles. The van der Waals surface area contributed by atoms with Gasteiger partial charge >= 0.3 is 10.2 Å². The molecule has 34 heavy (non-hydrogen) atoms. The topological polar surface area (TPSA) is 99.3 Å². The Bertz CT molecular complexity index is 1110. The Morgan fingerprint density at radius 2 is 1.79 bits per heavy atom. The highest BCUT2D eigenvalue weighted by Crippen LogP contribution is 2.24. The number of anilines is 1. The number of likely N-dealkylation sites (N-methyl/N-ethyl adjacent to an activating group) is 1. The summed E-state index contributed by atoms with van der Waals surface area (Å²) < 4.78 is 47.4. The molecule has 0 saturated carbocycles. The molecule has 0 spiro atoms. The molecule has 186 valence electrons. The molecule has 0 aromatic heterocycles. The maximum absolute atomic E-state index is 14.6. The summed E-state index contributed by atoms with van der Waals surface area (Å²) in [5, 5.41) is 2.67. The first-order valence-corrected chi connectivity index (χ1v) is 12.1. The first kappa shape index (κ1) is 27.1. The van der Waals surface area contributed by atoms with Gasteiger partial charge in [-0.05, 0) is 43.7 Å². The lowest BCUT2D eigenvalue weighted by Gasteiger charge is -2.32. The van der Waals surface area contributed by atoms with E-state index in [0.29, 0.717) is 22.2 Å². The third-order valence-corrected chi connectivity index (χ3v) is 6.95. The minimum atomic E-state index is -4.22. The maximum Gasteiger partial charge on any atom is 0.304 e. The first-order valence-electron chi connectivity index (χ1n) is 10.7. The zero-order valence-corrected chi connectivity index (χ0v) is 20.8. The fourth-order valence-electron chi connectivity index (χ4n) is 3.23. The van der Waals surface area contributed by atoms with Gasteiger partial charge in [-0.1, -0.05) is 24.3 Å². The molecule has 0 aliphatic rings. The summed E-state index contributed by atoms with van der Waals surface area (Å²) in [5.41, 5.74) is 0.410. The monoisotopic (exact) mass is 494 g/mol. The zero-order valence-electron chi connectivity index (χ0n) is 20.0. The van der Waals surface area contributed by atoms with Crippen molar-refractivity contribution in [3.63, 3.8) is 0 Å². The average Bonchev–Trinajstić information content (AvgIpc) is 2.81. The second-order valence-electron chi connectivity index (χ2n) is 7.69. The fourth-order valence-corrected chi connectivity index (χ4v) is 4.29. The molecule has 2 aromatic rings. The molecule has 1 unspecified atom stereocenters. The number of nitrogens with zero attached hydrogens (tertiary/aromatic N) is 3. The van der Waals surface area contributed by atoms with Crippen LogP contribution in [-0.4, -0.2) is 69.8 Å². The van der Waals surface area contributed by atoms with Gasteiger partial charge < -0.3 is 15.0 Å². The molecular formula is C23H31FN4O5S. The molecule has 0 saturated heterocycles. The molecular weight excluding hydrogens is 463 g/mol. The summed E-state index contributed by atoms with van der Waals surface area (Å²) in [7, 11) is -0.131. The lowest BCUT2D eigenvalue weighted by Crippen LogP contribution is -2.52. The Hall–Kier alpha value is -3.18. The maximum atomic E-state index is 14.6. The molecule has 2 amide bonds. The quantitative estimate of drug-likeness (QED) is 0.515. The van der Waals surface area contributed by atoms with Crippen LogP contribution < -0.4 is 14.4 Å². The van der Waals surface area contributed by atoms with Crippen molar-refractivity contribution >= 4 is 27.7 Å². The van der Waals surface area contributed by atoms with E-state index in [1.807, 2.05) is 0 Å². The van der Waals surface area contributed by atoms with Gasteiger partial charge in [0, 0.05) is 27.2 Å². The van der Waals surface area contributed by atoms with Crippen LogP contribution in [0.15, 0.2) is 48.5 Å². The molecule has 9 nitrogen and oxygen atoms in total. The Kier molecular flexibility index (Phi) is 9.39. The number of amides is 2. The van der Waals surface area contributed by atoms with Crippen LogP contribution in [0.4, 0.5) is 10.1 Å². The van der Waals surface area contributed by atoms with E-state index in [1.165, 1.54) is 44.3 Å². The summed E-state index contributed by atoms with van der Waals surface area (Å²) >= 11 is 0. The highest BCUT2D eigenvalue weighted by atomic mass is 32.2. The molecule has 1 atom stereocenters.